The second-order valence-electron chi connectivity index (χ2n) is 5.56. The van der Waals surface area contributed by atoms with Gasteiger partial charge in [0.05, 0.1) is 7.11 Å². The second kappa shape index (κ2) is 6.71. The maximum Gasteiger partial charge on any atom is 0.124 e. The van der Waals surface area contributed by atoms with Gasteiger partial charge >= 0.3 is 0 Å². The monoisotopic (exact) mass is 361 g/mol. The molecule has 0 fully saturated rings. The van der Waals surface area contributed by atoms with Gasteiger partial charge in [-0.3, -0.25) is 4.90 Å². The molecule has 0 aromatic heterocycles. The lowest BCUT2D eigenvalue weighted by atomic mass is 10.1. The molecule has 4 heteroatoms. The van der Waals surface area contributed by atoms with E-state index >= 15 is 0 Å². The molecule has 0 aliphatic carbocycles. The van der Waals surface area contributed by atoms with E-state index in [1.54, 1.807) is 7.11 Å². The van der Waals surface area contributed by atoms with E-state index in [0.717, 1.165) is 42.2 Å². The van der Waals surface area contributed by atoms with Crippen LogP contribution in [0.25, 0.3) is 0 Å². The third kappa shape index (κ3) is 3.28. The van der Waals surface area contributed by atoms with Crippen LogP contribution in [0.15, 0.2) is 40.9 Å². The molecule has 0 atom stereocenters. The highest BCUT2D eigenvalue weighted by Crippen LogP contribution is 2.31. The fraction of sp³-hybridized carbons (Fsp3) is 0.333. The molecular weight excluding hydrogens is 342 g/mol. The number of nitrogens with zero attached hydrogens (tertiary/aromatic N) is 1. The van der Waals surface area contributed by atoms with Gasteiger partial charge in [-0.05, 0) is 42.3 Å². The largest absolute Gasteiger partial charge is 0.497 e. The first-order chi connectivity index (χ1) is 10.7. The summed E-state index contributed by atoms with van der Waals surface area (Å²) in [5.41, 5.74) is 3.83. The van der Waals surface area contributed by atoms with E-state index in [1.807, 2.05) is 12.1 Å². The lowest BCUT2D eigenvalue weighted by Crippen LogP contribution is -2.25. The lowest BCUT2D eigenvalue weighted by Gasteiger charge is -2.20. The number of benzene rings is 2. The molecule has 0 saturated carbocycles. The maximum absolute atomic E-state index is 5.91. The van der Waals surface area contributed by atoms with Gasteiger partial charge in [-0.2, -0.15) is 0 Å². The Kier molecular flexibility index (Phi) is 4.69. The number of methoxy groups -OCH3 is 1. The van der Waals surface area contributed by atoms with Gasteiger partial charge in [-0.1, -0.05) is 28.1 Å². The predicted octanol–water partition coefficient (Wildman–Crippen LogP) is 4.16. The highest BCUT2D eigenvalue weighted by molar-refractivity contribution is 9.10. The molecule has 0 amide bonds. The fourth-order valence-electron chi connectivity index (χ4n) is 2.75. The van der Waals surface area contributed by atoms with Crippen molar-refractivity contribution < 1.29 is 9.47 Å². The van der Waals surface area contributed by atoms with Crippen LogP contribution < -0.4 is 9.47 Å². The van der Waals surface area contributed by atoms with Crippen LogP contribution >= 0.6 is 15.9 Å². The van der Waals surface area contributed by atoms with Crippen molar-refractivity contribution in [2.75, 3.05) is 20.3 Å². The van der Waals surface area contributed by atoms with Crippen molar-refractivity contribution in [2.45, 2.75) is 20.0 Å². The van der Waals surface area contributed by atoms with E-state index < -0.39 is 0 Å². The molecule has 116 valence electrons. The summed E-state index contributed by atoms with van der Waals surface area (Å²) >= 11 is 3.61. The van der Waals surface area contributed by atoms with Crippen molar-refractivity contribution >= 4 is 15.9 Å². The molecule has 0 spiro atoms. The Bertz CT molecular complexity index is 655. The molecule has 3 rings (SSSR count). The van der Waals surface area contributed by atoms with Gasteiger partial charge in [0.15, 0.2) is 0 Å². The van der Waals surface area contributed by atoms with Crippen LogP contribution in [0.5, 0.6) is 11.5 Å². The zero-order chi connectivity index (χ0) is 15.5. The Morgan fingerprint density at radius 2 is 1.95 bits per heavy atom. The smallest absolute Gasteiger partial charge is 0.124 e. The molecule has 0 saturated heterocycles. The average molecular weight is 362 g/mol. The van der Waals surface area contributed by atoms with Gasteiger partial charge in [0, 0.05) is 29.7 Å². The third-order valence-electron chi connectivity index (χ3n) is 4.10. The Morgan fingerprint density at radius 1 is 1.18 bits per heavy atom. The lowest BCUT2D eigenvalue weighted by molar-refractivity contribution is 0.219. The van der Waals surface area contributed by atoms with Crippen LogP contribution in [-0.4, -0.2) is 25.2 Å². The molecule has 0 bridgehead atoms. The van der Waals surface area contributed by atoms with E-state index in [4.69, 9.17) is 9.47 Å². The van der Waals surface area contributed by atoms with E-state index in [2.05, 4.69) is 52.0 Å². The first-order valence-electron chi connectivity index (χ1n) is 7.43. The molecule has 2 aromatic rings. The molecule has 1 aliphatic rings. The van der Waals surface area contributed by atoms with Gasteiger partial charge < -0.3 is 9.47 Å². The second-order valence-corrected chi connectivity index (χ2v) is 6.41. The summed E-state index contributed by atoms with van der Waals surface area (Å²) in [6, 6.07) is 12.4. The summed E-state index contributed by atoms with van der Waals surface area (Å²) in [5, 5.41) is 0. The molecule has 1 aliphatic heterocycles. The van der Waals surface area contributed by atoms with Crippen LogP contribution in [0.3, 0.4) is 0 Å². The van der Waals surface area contributed by atoms with Gasteiger partial charge in [0.2, 0.25) is 0 Å². The minimum atomic E-state index is 0.726. The minimum absolute atomic E-state index is 0.726. The number of fused-ring (bicyclic) bond motifs is 1. The van der Waals surface area contributed by atoms with Crippen molar-refractivity contribution in [3.63, 3.8) is 0 Å². The molecule has 0 N–H and O–H groups in total. The fourth-order valence-corrected chi connectivity index (χ4v) is 3.12. The summed E-state index contributed by atoms with van der Waals surface area (Å²) in [6.45, 7) is 5.62. The van der Waals surface area contributed by atoms with E-state index in [1.165, 1.54) is 16.7 Å². The predicted molar refractivity (Wildman–Crippen MR) is 91.5 cm³/mol. The van der Waals surface area contributed by atoms with Gasteiger partial charge in [0.25, 0.3) is 0 Å². The minimum Gasteiger partial charge on any atom is -0.497 e. The maximum atomic E-state index is 5.91. The highest BCUT2D eigenvalue weighted by Gasteiger charge is 2.18. The Morgan fingerprint density at radius 3 is 2.68 bits per heavy atom. The molecule has 0 radical (unpaired) electrons. The number of hydrogen-bond donors (Lipinski definition) is 0. The Labute approximate surface area is 140 Å². The van der Waals surface area contributed by atoms with Crippen molar-refractivity contribution in [1.82, 2.24) is 4.90 Å². The summed E-state index contributed by atoms with van der Waals surface area (Å²) in [4.78, 5) is 2.42. The first kappa shape index (κ1) is 15.4. The number of ether oxygens (including phenoxy) is 2. The summed E-state index contributed by atoms with van der Waals surface area (Å²) < 4.78 is 12.3. The van der Waals surface area contributed by atoms with Crippen LogP contribution in [0.1, 0.15) is 16.7 Å². The quantitative estimate of drug-likeness (QED) is 0.819. The molecular formula is C18H20BrNO2. The summed E-state index contributed by atoms with van der Waals surface area (Å²) in [5.74, 6) is 1.91. The van der Waals surface area contributed by atoms with Crippen molar-refractivity contribution in [3.05, 3.63) is 57.6 Å². The van der Waals surface area contributed by atoms with Gasteiger partial charge in [-0.15, -0.1) is 0 Å². The van der Waals surface area contributed by atoms with Crippen LogP contribution in [0, 0.1) is 6.92 Å². The zero-order valence-electron chi connectivity index (χ0n) is 12.9. The van der Waals surface area contributed by atoms with Crippen LogP contribution in [-0.2, 0) is 13.1 Å². The van der Waals surface area contributed by atoms with E-state index in [-0.39, 0.29) is 0 Å². The molecule has 3 nitrogen and oxygen atoms in total. The number of rotatable bonds is 3. The normalized spacial score (nSPS) is 14.9. The SMILES string of the molecule is COc1ccc(CN2CCOc3ccc(Br)c(C)c3C2)cc1. The van der Waals surface area contributed by atoms with E-state index in [0.29, 0.717) is 0 Å². The van der Waals surface area contributed by atoms with Gasteiger partial charge in [0.1, 0.15) is 18.1 Å². The Hall–Kier alpha value is -1.52. The first-order valence-corrected chi connectivity index (χ1v) is 8.22. The summed E-state index contributed by atoms with van der Waals surface area (Å²) in [7, 11) is 1.69. The molecule has 1 heterocycles. The number of hydrogen-bond acceptors (Lipinski definition) is 3. The molecule has 2 aromatic carbocycles. The average Bonchev–Trinajstić information content (AvgIpc) is 2.74. The van der Waals surface area contributed by atoms with Crippen molar-refractivity contribution in [1.29, 1.82) is 0 Å². The van der Waals surface area contributed by atoms with Crippen LogP contribution in [0.4, 0.5) is 0 Å². The van der Waals surface area contributed by atoms with Crippen molar-refractivity contribution in [2.24, 2.45) is 0 Å². The zero-order valence-corrected chi connectivity index (χ0v) is 14.5. The highest BCUT2D eigenvalue weighted by atomic mass is 79.9. The van der Waals surface area contributed by atoms with Crippen LogP contribution in [0.2, 0.25) is 0 Å². The summed E-state index contributed by atoms with van der Waals surface area (Å²) in [6.07, 6.45) is 0. The van der Waals surface area contributed by atoms with Gasteiger partial charge in [-0.25, -0.2) is 0 Å². The van der Waals surface area contributed by atoms with E-state index in [9.17, 15) is 0 Å². The topological polar surface area (TPSA) is 21.7 Å². The molecule has 0 unspecified atom stereocenters. The van der Waals surface area contributed by atoms with Crippen molar-refractivity contribution in [3.8, 4) is 11.5 Å². The Balaban J connectivity index is 1.78. The number of halogens is 1. The molecule has 22 heavy (non-hydrogen) atoms. The standard InChI is InChI=1S/C18H20BrNO2/c1-13-16-12-20(9-10-22-18(16)8-7-17(13)19)11-14-3-5-15(21-2)6-4-14/h3-8H,9-12H2,1-2H3. The third-order valence-corrected chi connectivity index (χ3v) is 4.96.